The van der Waals surface area contributed by atoms with Gasteiger partial charge < -0.3 is 4.57 Å². The van der Waals surface area contributed by atoms with Gasteiger partial charge in [0.05, 0.1) is 28.0 Å². The third-order valence-corrected chi connectivity index (χ3v) is 3.62. The summed E-state index contributed by atoms with van der Waals surface area (Å²) in [6.45, 7) is 1.74. The maximum atomic E-state index is 6.04. The normalized spacial score (nSPS) is 14.4. The number of halogens is 2. The van der Waals surface area contributed by atoms with Gasteiger partial charge in [-0.05, 0) is 24.3 Å². The molecule has 2 aromatic rings. The van der Waals surface area contributed by atoms with Crippen molar-refractivity contribution in [2.45, 2.75) is 6.54 Å². The smallest absolute Gasteiger partial charge is 0.0884 e. The molecular weight excluding hydrogens is 255 g/mol. The fourth-order valence-electron chi connectivity index (χ4n) is 2.06. The second-order valence-electron chi connectivity index (χ2n) is 3.95. The van der Waals surface area contributed by atoms with Crippen LogP contribution in [0.5, 0.6) is 0 Å². The van der Waals surface area contributed by atoms with E-state index in [0.717, 1.165) is 30.1 Å². The lowest BCUT2D eigenvalue weighted by Crippen LogP contribution is -2.18. The number of aliphatic imine (C=N–C) groups is 1. The molecule has 0 spiro atoms. The van der Waals surface area contributed by atoms with Crippen LogP contribution in [0.1, 0.15) is 11.3 Å². The predicted octanol–water partition coefficient (Wildman–Crippen LogP) is 3.65. The van der Waals surface area contributed by atoms with Gasteiger partial charge in [-0.15, -0.1) is 0 Å². The van der Waals surface area contributed by atoms with Gasteiger partial charge in [0.1, 0.15) is 0 Å². The monoisotopic (exact) mass is 264 g/mol. The summed E-state index contributed by atoms with van der Waals surface area (Å²) < 4.78 is 2.20. The van der Waals surface area contributed by atoms with E-state index >= 15 is 0 Å². The molecule has 0 saturated heterocycles. The highest BCUT2D eigenvalue weighted by Crippen LogP contribution is 2.25. The summed E-state index contributed by atoms with van der Waals surface area (Å²) in [6.07, 6.45) is 2.07. The van der Waals surface area contributed by atoms with Gasteiger partial charge in [0.25, 0.3) is 0 Å². The SMILES string of the molecule is Clc1ccc(C2=NCCn3cccc32)cc1Cl. The summed E-state index contributed by atoms with van der Waals surface area (Å²) in [6, 6.07) is 9.74. The maximum absolute atomic E-state index is 6.04. The molecular formula is C13H10Cl2N2. The molecule has 0 saturated carbocycles. The Bertz CT molecular complexity index is 599. The van der Waals surface area contributed by atoms with Gasteiger partial charge >= 0.3 is 0 Å². The second-order valence-corrected chi connectivity index (χ2v) is 4.76. The molecule has 0 amide bonds. The van der Waals surface area contributed by atoms with Crippen molar-refractivity contribution in [2.24, 2.45) is 4.99 Å². The van der Waals surface area contributed by atoms with Gasteiger partial charge in [0.15, 0.2) is 0 Å². The zero-order chi connectivity index (χ0) is 11.8. The van der Waals surface area contributed by atoms with Crippen LogP contribution in [-0.2, 0) is 6.54 Å². The van der Waals surface area contributed by atoms with Gasteiger partial charge in [-0.3, -0.25) is 4.99 Å². The van der Waals surface area contributed by atoms with Gasteiger partial charge in [-0.1, -0.05) is 29.3 Å². The first-order valence-corrected chi connectivity index (χ1v) is 6.17. The summed E-state index contributed by atoms with van der Waals surface area (Å²) in [5.74, 6) is 0. The van der Waals surface area contributed by atoms with Crippen LogP contribution >= 0.6 is 23.2 Å². The molecule has 1 aromatic heterocycles. The molecule has 0 fully saturated rings. The zero-order valence-corrected chi connectivity index (χ0v) is 10.5. The van der Waals surface area contributed by atoms with Crippen LogP contribution in [0.3, 0.4) is 0 Å². The van der Waals surface area contributed by atoms with Gasteiger partial charge in [-0.25, -0.2) is 0 Å². The lowest BCUT2D eigenvalue weighted by Gasteiger charge is -2.16. The topological polar surface area (TPSA) is 17.3 Å². The van der Waals surface area contributed by atoms with Crippen LogP contribution in [0.25, 0.3) is 0 Å². The van der Waals surface area contributed by atoms with Crippen LogP contribution < -0.4 is 0 Å². The minimum atomic E-state index is 0.565. The number of rotatable bonds is 1. The van der Waals surface area contributed by atoms with Gasteiger partial charge in [0.2, 0.25) is 0 Å². The second kappa shape index (κ2) is 4.21. The van der Waals surface area contributed by atoms with E-state index in [1.807, 2.05) is 24.3 Å². The van der Waals surface area contributed by atoms with E-state index in [0.29, 0.717) is 10.0 Å². The summed E-state index contributed by atoms with van der Waals surface area (Å²) in [7, 11) is 0. The Balaban J connectivity index is 2.10. The minimum absolute atomic E-state index is 0.565. The average molecular weight is 265 g/mol. The van der Waals surface area contributed by atoms with Crippen molar-refractivity contribution in [2.75, 3.05) is 6.54 Å². The fourth-order valence-corrected chi connectivity index (χ4v) is 2.36. The molecule has 86 valence electrons. The van der Waals surface area contributed by atoms with Crippen molar-refractivity contribution in [3.63, 3.8) is 0 Å². The maximum Gasteiger partial charge on any atom is 0.0884 e. The number of hydrogen-bond acceptors (Lipinski definition) is 1. The van der Waals surface area contributed by atoms with E-state index in [-0.39, 0.29) is 0 Å². The quantitative estimate of drug-likeness (QED) is 0.749. The number of hydrogen-bond donors (Lipinski definition) is 0. The summed E-state index contributed by atoms with van der Waals surface area (Å²) in [5, 5.41) is 1.14. The van der Waals surface area contributed by atoms with E-state index in [1.165, 1.54) is 0 Å². The molecule has 0 unspecified atom stereocenters. The Hall–Kier alpha value is -1.25. The standard InChI is InChI=1S/C13H10Cl2N2/c14-10-4-3-9(8-11(10)15)13-12-2-1-6-17(12)7-5-16-13/h1-4,6,8H,5,7H2. The lowest BCUT2D eigenvalue weighted by molar-refractivity contribution is 0.690. The van der Waals surface area contributed by atoms with Crippen LogP contribution in [-0.4, -0.2) is 16.8 Å². The largest absolute Gasteiger partial charge is 0.344 e. The van der Waals surface area contributed by atoms with Crippen molar-refractivity contribution in [1.29, 1.82) is 0 Å². The van der Waals surface area contributed by atoms with Crippen molar-refractivity contribution in [3.8, 4) is 0 Å². The number of fused-ring (bicyclic) bond motifs is 1. The molecule has 0 bridgehead atoms. The van der Waals surface area contributed by atoms with E-state index in [9.17, 15) is 0 Å². The summed E-state index contributed by atoms with van der Waals surface area (Å²) in [5.41, 5.74) is 3.13. The third kappa shape index (κ3) is 1.88. The number of nitrogens with zero attached hydrogens (tertiary/aromatic N) is 2. The number of aromatic nitrogens is 1. The van der Waals surface area contributed by atoms with E-state index in [4.69, 9.17) is 23.2 Å². The van der Waals surface area contributed by atoms with Crippen molar-refractivity contribution < 1.29 is 0 Å². The van der Waals surface area contributed by atoms with Gasteiger partial charge in [0, 0.05) is 18.3 Å². The first kappa shape index (κ1) is 10.9. The van der Waals surface area contributed by atoms with Crippen LogP contribution in [0.2, 0.25) is 10.0 Å². The van der Waals surface area contributed by atoms with Crippen molar-refractivity contribution in [3.05, 3.63) is 57.8 Å². The predicted molar refractivity (Wildman–Crippen MR) is 71.4 cm³/mol. The third-order valence-electron chi connectivity index (χ3n) is 2.88. The Morgan fingerprint density at radius 1 is 1.12 bits per heavy atom. The Morgan fingerprint density at radius 3 is 2.82 bits per heavy atom. The molecule has 1 aliphatic rings. The molecule has 2 nitrogen and oxygen atoms in total. The van der Waals surface area contributed by atoms with E-state index < -0.39 is 0 Å². The fraction of sp³-hybridized carbons (Fsp3) is 0.154. The highest BCUT2D eigenvalue weighted by atomic mass is 35.5. The minimum Gasteiger partial charge on any atom is -0.344 e. The molecule has 2 heterocycles. The molecule has 1 aromatic carbocycles. The van der Waals surface area contributed by atoms with E-state index in [2.05, 4.69) is 21.8 Å². The molecule has 0 aliphatic carbocycles. The molecule has 0 N–H and O–H groups in total. The molecule has 4 heteroatoms. The molecule has 1 aliphatic heterocycles. The molecule has 0 radical (unpaired) electrons. The lowest BCUT2D eigenvalue weighted by atomic mass is 10.1. The molecule has 0 atom stereocenters. The van der Waals surface area contributed by atoms with Crippen molar-refractivity contribution >= 4 is 28.9 Å². The summed E-state index contributed by atoms with van der Waals surface area (Å²) in [4.78, 5) is 4.58. The average Bonchev–Trinajstić information content (AvgIpc) is 2.80. The molecule has 17 heavy (non-hydrogen) atoms. The Kier molecular flexibility index (Phi) is 2.69. The van der Waals surface area contributed by atoms with Crippen molar-refractivity contribution in [1.82, 2.24) is 4.57 Å². The highest BCUT2D eigenvalue weighted by molar-refractivity contribution is 6.42. The first-order valence-electron chi connectivity index (χ1n) is 5.41. The summed E-state index contributed by atoms with van der Waals surface area (Å²) >= 11 is 12.0. The molecule has 3 rings (SSSR count). The van der Waals surface area contributed by atoms with E-state index in [1.54, 1.807) is 0 Å². The van der Waals surface area contributed by atoms with Gasteiger partial charge in [-0.2, -0.15) is 0 Å². The number of benzene rings is 1. The van der Waals surface area contributed by atoms with Crippen LogP contribution in [0.4, 0.5) is 0 Å². The van der Waals surface area contributed by atoms with Crippen LogP contribution in [0.15, 0.2) is 41.5 Å². The first-order chi connectivity index (χ1) is 8.25. The zero-order valence-electron chi connectivity index (χ0n) is 9.03. The Labute approximate surface area is 109 Å². The highest BCUT2D eigenvalue weighted by Gasteiger charge is 2.15. The Morgan fingerprint density at radius 2 is 2.00 bits per heavy atom. The van der Waals surface area contributed by atoms with Crippen LogP contribution in [0, 0.1) is 0 Å².